The molecule has 0 aromatic heterocycles. The van der Waals surface area contributed by atoms with Crippen LogP contribution in [0.15, 0.2) is 24.3 Å². The van der Waals surface area contributed by atoms with Crippen LogP contribution in [-0.2, 0) is 6.42 Å². The van der Waals surface area contributed by atoms with Crippen molar-refractivity contribution in [2.75, 3.05) is 52.4 Å². The Kier molecular flexibility index (Phi) is 11.5. The van der Waals surface area contributed by atoms with E-state index in [-0.39, 0.29) is 0 Å². The second-order valence-corrected chi connectivity index (χ2v) is 6.61. The monoisotopic (exact) mass is 349 g/mol. The number of ether oxygens (including phenoxy) is 1. The molecule has 0 amide bonds. The minimum atomic E-state index is 0.491. The maximum absolute atomic E-state index is 5.85. The van der Waals surface area contributed by atoms with Gasteiger partial charge in [-0.15, -0.1) is 0 Å². The van der Waals surface area contributed by atoms with Crippen LogP contribution in [0.2, 0.25) is 0 Å². The normalized spacial score (nSPS) is 12.8. The molecule has 4 heteroatoms. The third kappa shape index (κ3) is 9.24. The minimum Gasteiger partial charge on any atom is -0.492 e. The summed E-state index contributed by atoms with van der Waals surface area (Å²) in [6.07, 6.45) is 1.05. The maximum Gasteiger partial charge on any atom is 0.119 e. The lowest BCUT2D eigenvalue weighted by molar-refractivity contribution is 0.223. The second kappa shape index (κ2) is 13.2. The van der Waals surface area contributed by atoms with E-state index >= 15 is 0 Å². The predicted molar refractivity (Wildman–Crippen MR) is 109 cm³/mol. The Morgan fingerprint density at radius 2 is 1.44 bits per heavy atom. The molecule has 0 aliphatic carbocycles. The lowest BCUT2D eigenvalue weighted by atomic mass is 10.1. The van der Waals surface area contributed by atoms with Gasteiger partial charge in [-0.3, -0.25) is 0 Å². The van der Waals surface area contributed by atoms with Gasteiger partial charge in [0.2, 0.25) is 0 Å². The zero-order valence-corrected chi connectivity index (χ0v) is 17.1. The molecule has 0 saturated carbocycles. The fraction of sp³-hybridized carbons (Fsp3) is 0.714. The van der Waals surface area contributed by atoms with Crippen LogP contribution in [0.25, 0.3) is 0 Å². The van der Waals surface area contributed by atoms with Gasteiger partial charge in [0.1, 0.15) is 12.4 Å². The lowest BCUT2D eigenvalue weighted by Gasteiger charge is -2.20. The van der Waals surface area contributed by atoms with Gasteiger partial charge < -0.3 is 19.9 Å². The average Bonchev–Trinajstić information content (AvgIpc) is 2.64. The first-order valence-electron chi connectivity index (χ1n) is 10.0. The van der Waals surface area contributed by atoms with Crippen LogP contribution in [-0.4, -0.2) is 68.3 Å². The van der Waals surface area contributed by atoms with E-state index in [1.807, 2.05) is 0 Å². The number of benzene rings is 1. The SMILES string of the molecule is CCN(CC)CCN[C@@H](C)Cc1ccc(OCCN(CC)CC)cc1. The van der Waals surface area contributed by atoms with Crippen LogP contribution in [0.3, 0.4) is 0 Å². The Labute approximate surface area is 155 Å². The van der Waals surface area contributed by atoms with Gasteiger partial charge in [0.15, 0.2) is 0 Å². The van der Waals surface area contributed by atoms with Crippen LogP contribution in [0.5, 0.6) is 5.75 Å². The summed E-state index contributed by atoms with van der Waals surface area (Å²) in [6, 6.07) is 9.07. The van der Waals surface area contributed by atoms with E-state index in [0.29, 0.717) is 6.04 Å². The summed E-state index contributed by atoms with van der Waals surface area (Å²) >= 11 is 0. The molecule has 1 aromatic rings. The summed E-state index contributed by atoms with van der Waals surface area (Å²) in [7, 11) is 0. The summed E-state index contributed by atoms with van der Waals surface area (Å²) in [5, 5.41) is 3.63. The maximum atomic E-state index is 5.85. The smallest absolute Gasteiger partial charge is 0.119 e. The number of hydrogen-bond acceptors (Lipinski definition) is 4. The zero-order valence-electron chi connectivity index (χ0n) is 17.1. The Balaban J connectivity index is 2.28. The highest BCUT2D eigenvalue weighted by Crippen LogP contribution is 2.13. The van der Waals surface area contributed by atoms with E-state index in [0.717, 1.165) is 64.6 Å². The number of nitrogens with one attached hydrogen (secondary N) is 1. The molecule has 0 unspecified atom stereocenters. The highest BCUT2D eigenvalue weighted by molar-refractivity contribution is 5.27. The predicted octanol–water partition coefficient (Wildman–Crippen LogP) is 3.27. The molecule has 1 rings (SSSR count). The van der Waals surface area contributed by atoms with Crippen molar-refractivity contribution in [3.63, 3.8) is 0 Å². The van der Waals surface area contributed by atoms with Crippen LogP contribution in [0.1, 0.15) is 40.2 Å². The second-order valence-electron chi connectivity index (χ2n) is 6.61. The molecule has 0 fully saturated rings. The topological polar surface area (TPSA) is 27.7 Å². The Morgan fingerprint density at radius 3 is 2.00 bits per heavy atom. The standard InChI is InChI=1S/C21H39N3O/c1-6-23(7-2)15-14-22-19(5)18-20-10-12-21(13-11-20)25-17-16-24(8-3)9-4/h10-13,19,22H,6-9,14-18H2,1-5H3/t19-/m0/s1. The van der Waals surface area contributed by atoms with Gasteiger partial charge in [-0.25, -0.2) is 0 Å². The molecule has 1 N–H and O–H groups in total. The Morgan fingerprint density at radius 1 is 0.880 bits per heavy atom. The molecule has 0 aliphatic heterocycles. The molecule has 0 aliphatic rings. The van der Waals surface area contributed by atoms with Crippen LogP contribution in [0, 0.1) is 0 Å². The van der Waals surface area contributed by atoms with E-state index in [1.54, 1.807) is 0 Å². The van der Waals surface area contributed by atoms with Crippen molar-refractivity contribution < 1.29 is 4.74 Å². The summed E-state index contributed by atoms with van der Waals surface area (Å²) in [4.78, 5) is 4.82. The van der Waals surface area contributed by atoms with Gasteiger partial charge in [0.05, 0.1) is 0 Å². The van der Waals surface area contributed by atoms with Crippen molar-refractivity contribution >= 4 is 0 Å². The summed E-state index contributed by atoms with van der Waals surface area (Å²) < 4.78 is 5.85. The minimum absolute atomic E-state index is 0.491. The quantitative estimate of drug-likeness (QED) is 0.558. The molecule has 1 aromatic carbocycles. The highest BCUT2D eigenvalue weighted by Gasteiger charge is 2.05. The molecule has 25 heavy (non-hydrogen) atoms. The summed E-state index contributed by atoms with van der Waals surface area (Å²) in [5.74, 6) is 0.970. The first kappa shape index (κ1) is 21.9. The fourth-order valence-corrected chi connectivity index (χ4v) is 2.99. The molecule has 0 radical (unpaired) electrons. The van der Waals surface area contributed by atoms with Crippen molar-refractivity contribution in [2.24, 2.45) is 0 Å². The molecule has 0 heterocycles. The zero-order chi connectivity index (χ0) is 18.5. The van der Waals surface area contributed by atoms with Gasteiger partial charge in [0.25, 0.3) is 0 Å². The van der Waals surface area contributed by atoms with Gasteiger partial charge in [-0.1, -0.05) is 39.8 Å². The number of hydrogen-bond donors (Lipinski definition) is 1. The van der Waals surface area contributed by atoms with E-state index in [2.05, 4.69) is 74.0 Å². The molecule has 0 spiro atoms. The Bertz CT molecular complexity index is 427. The van der Waals surface area contributed by atoms with Crippen LogP contribution >= 0.6 is 0 Å². The highest BCUT2D eigenvalue weighted by atomic mass is 16.5. The number of likely N-dealkylation sites (N-methyl/N-ethyl adjacent to an activating group) is 2. The first-order chi connectivity index (χ1) is 12.1. The molecule has 4 nitrogen and oxygen atoms in total. The summed E-state index contributed by atoms with van der Waals surface area (Å²) in [5.41, 5.74) is 1.36. The molecule has 0 bridgehead atoms. The third-order valence-corrected chi connectivity index (χ3v) is 4.85. The van der Waals surface area contributed by atoms with E-state index in [4.69, 9.17) is 4.74 Å². The van der Waals surface area contributed by atoms with E-state index in [1.165, 1.54) is 5.56 Å². The molecule has 1 atom stereocenters. The third-order valence-electron chi connectivity index (χ3n) is 4.85. The van der Waals surface area contributed by atoms with E-state index < -0.39 is 0 Å². The number of rotatable bonds is 14. The van der Waals surface area contributed by atoms with Gasteiger partial charge >= 0.3 is 0 Å². The molecule has 0 saturated heterocycles. The average molecular weight is 350 g/mol. The molecular formula is C21H39N3O. The lowest BCUT2D eigenvalue weighted by Crippen LogP contribution is -2.36. The van der Waals surface area contributed by atoms with Crippen molar-refractivity contribution in [3.05, 3.63) is 29.8 Å². The van der Waals surface area contributed by atoms with Crippen molar-refractivity contribution in [3.8, 4) is 5.75 Å². The van der Waals surface area contributed by atoms with Crippen LogP contribution < -0.4 is 10.1 Å². The van der Waals surface area contributed by atoms with Crippen molar-refractivity contribution in [1.29, 1.82) is 0 Å². The van der Waals surface area contributed by atoms with Gasteiger partial charge in [-0.2, -0.15) is 0 Å². The van der Waals surface area contributed by atoms with Crippen molar-refractivity contribution in [2.45, 2.75) is 47.1 Å². The van der Waals surface area contributed by atoms with Crippen LogP contribution in [0.4, 0.5) is 0 Å². The Hall–Kier alpha value is -1.10. The van der Waals surface area contributed by atoms with Gasteiger partial charge in [-0.05, 0) is 57.2 Å². The van der Waals surface area contributed by atoms with Gasteiger partial charge in [0, 0.05) is 25.7 Å². The summed E-state index contributed by atoms with van der Waals surface area (Å²) in [6.45, 7) is 19.4. The van der Waals surface area contributed by atoms with Crippen molar-refractivity contribution in [1.82, 2.24) is 15.1 Å². The van der Waals surface area contributed by atoms with E-state index in [9.17, 15) is 0 Å². The largest absolute Gasteiger partial charge is 0.492 e. The first-order valence-corrected chi connectivity index (χ1v) is 10.0. The fourth-order valence-electron chi connectivity index (χ4n) is 2.99. The molecular weight excluding hydrogens is 310 g/mol. The molecule has 144 valence electrons. The number of nitrogens with zero attached hydrogens (tertiary/aromatic N) is 2.